The number of nitriles is 1. The number of hydrogen-bond donors (Lipinski definition) is 1. The molecule has 2 aromatic rings. The van der Waals surface area contributed by atoms with Crippen LogP contribution in [0.4, 0.5) is 5.69 Å². The van der Waals surface area contributed by atoms with Crippen molar-refractivity contribution >= 4 is 23.4 Å². The van der Waals surface area contributed by atoms with Gasteiger partial charge in [0.25, 0.3) is 5.91 Å². The van der Waals surface area contributed by atoms with E-state index in [9.17, 15) is 4.79 Å². The zero-order valence-electron chi connectivity index (χ0n) is 12.2. The van der Waals surface area contributed by atoms with Crippen LogP contribution in [0, 0.1) is 18.3 Å². The standard InChI is InChI=1S/C17H16N2O2S/c1-13-5-4-6-14(11-13)21-12-17(20)19-15-7-2-3-8-16(15)22-10-9-18/h2-8,11H,10,12H2,1H3,(H,19,20). The van der Waals surface area contributed by atoms with Crippen LogP contribution in [-0.4, -0.2) is 18.3 Å². The summed E-state index contributed by atoms with van der Waals surface area (Å²) >= 11 is 1.39. The van der Waals surface area contributed by atoms with Gasteiger partial charge in [-0.15, -0.1) is 11.8 Å². The summed E-state index contributed by atoms with van der Waals surface area (Å²) in [5.74, 6) is 0.779. The minimum atomic E-state index is -0.230. The van der Waals surface area contributed by atoms with Crippen LogP contribution < -0.4 is 10.1 Å². The Hall–Kier alpha value is -2.45. The van der Waals surface area contributed by atoms with E-state index in [1.54, 1.807) is 0 Å². The molecule has 0 aromatic heterocycles. The second kappa shape index (κ2) is 8.11. The van der Waals surface area contributed by atoms with Gasteiger partial charge in [0.15, 0.2) is 6.61 Å². The number of rotatable bonds is 6. The monoisotopic (exact) mass is 312 g/mol. The lowest BCUT2D eigenvalue weighted by molar-refractivity contribution is -0.118. The molecular formula is C17H16N2O2S. The molecule has 0 radical (unpaired) electrons. The van der Waals surface area contributed by atoms with Gasteiger partial charge in [0, 0.05) is 4.90 Å². The van der Waals surface area contributed by atoms with Crippen molar-refractivity contribution in [3.05, 3.63) is 54.1 Å². The molecule has 0 aliphatic heterocycles. The van der Waals surface area contributed by atoms with Crippen LogP contribution in [0.3, 0.4) is 0 Å². The smallest absolute Gasteiger partial charge is 0.262 e. The number of nitrogens with zero attached hydrogens (tertiary/aromatic N) is 1. The fourth-order valence-corrected chi connectivity index (χ4v) is 2.52. The van der Waals surface area contributed by atoms with Crippen LogP contribution in [-0.2, 0) is 4.79 Å². The summed E-state index contributed by atoms with van der Waals surface area (Å²) in [5, 5.41) is 11.5. The molecule has 0 aliphatic carbocycles. The fourth-order valence-electron chi connectivity index (χ4n) is 1.85. The maximum Gasteiger partial charge on any atom is 0.262 e. The summed E-state index contributed by atoms with van der Waals surface area (Å²) in [5.41, 5.74) is 1.77. The Morgan fingerprint density at radius 2 is 2.09 bits per heavy atom. The number of carbonyl (C=O) groups is 1. The molecule has 2 rings (SSSR count). The largest absolute Gasteiger partial charge is 0.484 e. The van der Waals surface area contributed by atoms with E-state index in [0.29, 0.717) is 17.2 Å². The van der Waals surface area contributed by atoms with Crippen molar-refractivity contribution < 1.29 is 9.53 Å². The van der Waals surface area contributed by atoms with Gasteiger partial charge in [-0.05, 0) is 36.8 Å². The lowest BCUT2D eigenvalue weighted by Crippen LogP contribution is -2.20. The third-order valence-corrected chi connectivity index (χ3v) is 3.75. The molecule has 1 N–H and O–H groups in total. The first kappa shape index (κ1) is 15.9. The van der Waals surface area contributed by atoms with E-state index >= 15 is 0 Å². The van der Waals surface area contributed by atoms with Crippen molar-refractivity contribution in [3.8, 4) is 11.8 Å². The number of benzene rings is 2. The Labute approximate surface area is 134 Å². The highest BCUT2D eigenvalue weighted by Gasteiger charge is 2.08. The van der Waals surface area contributed by atoms with E-state index in [1.807, 2.05) is 55.5 Å². The maximum absolute atomic E-state index is 12.0. The summed E-state index contributed by atoms with van der Waals surface area (Å²) in [6, 6.07) is 17.0. The molecule has 2 aromatic carbocycles. The van der Waals surface area contributed by atoms with Crippen LogP contribution in [0.5, 0.6) is 5.75 Å². The Bertz CT molecular complexity index is 695. The van der Waals surface area contributed by atoms with E-state index in [-0.39, 0.29) is 12.5 Å². The Morgan fingerprint density at radius 3 is 2.86 bits per heavy atom. The van der Waals surface area contributed by atoms with Crippen LogP contribution in [0.2, 0.25) is 0 Å². The highest BCUT2D eigenvalue weighted by atomic mass is 32.2. The number of amides is 1. The van der Waals surface area contributed by atoms with Crippen LogP contribution in [0.25, 0.3) is 0 Å². The number of carbonyl (C=O) groups excluding carboxylic acids is 1. The molecule has 0 unspecified atom stereocenters. The number of aryl methyl sites for hydroxylation is 1. The summed E-state index contributed by atoms with van der Waals surface area (Å²) in [6.45, 7) is 1.91. The highest BCUT2D eigenvalue weighted by Crippen LogP contribution is 2.26. The Balaban J connectivity index is 1.93. The first-order valence-electron chi connectivity index (χ1n) is 6.77. The molecule has 0 aliphatic rings. The van der Waals surface area contributed by atoms with Gasteiger partial charge in [0.1, 0.15) is 5.75 Å². The SMILES string of the molecule is Cc1cccc(OCC(=O)Nc2ccccc2SCC#N)c1. The van der Waals surface area contributed by atoms with Gasteiger partial charge >= 0.3 is 0 Å². The van der Waals surface area contributed by atoms with Crippen molar-refractivity contribution in [3.63, 3.8) is 0 Å². The molecule has 22 heavy (non-hydrogen) atoms. The minimum Gasteiger partial charge on any atom is -0.484 e. The fraction of sp³-hybridized carbons (Fsp3) is 0.176. The zero-order valence-corrected chi connectivity index (χ0v) is 13.0. The van der Waals surface area contributed by atoms with E-state index in [2.05, 4.69) is 11.4 Å². The van der Waals surface area contributed by atoms with Crippen molar-refractivity contribution in [2.45, 2.75) is 11.8 Å². The molecule has 4 nitrogen and oxygen atoms in total. The third kappa shape index (κ3) is 4.83. The topological polar surface area (TPSA) is 62.1 Å². The maximum atomic E-state index is 12.0. The second-order valence-electron chi connectivity index (χ2n) is 4.60. The van der Waals surface area contributed by atoms with Gasteiger partial charge in [-0.3, -0.25) is 4.79 Å². The van der Waals surface area contributed by atoms with Crippen molar-refractivity contribution in [2.24, 2.45) is 0 Å². The van der Waals surface area contributed by atoms with E-state index < -0.39 is 0 Å². The molecule has 0 heterocycles. The van der Waals surface area contributed by atoms with E-state index in [0.717, 1.165) is 10.5 Å². The van der Waals surface area contributed by atoms with Gasteiger partial charge in [0.2, 0.25) is 0 Å². The Kier molecular flexibility index (Phi) is 5.87. The molecule has 0 atom stereocenters. The van der Waals surface area contributed by atoms with Crippen LogP contribution in [0.15, 0.2) is 53.4 Å². The van der Waals surface area contributed by atoms with Gasteiger partial charge in [-0.1, -0.05) is 24.3 Å². The first-order valence-corrected chi connectivity index (χ1v) is 7.75. The van der Waals surface area contributed by atoms with Gasteiger partial charge in [-0.25, -0.2) is 0 Å². The van der Waals surface area contributed by atoms with Crippen LogP contribution in [0.1, 0.15) is 5.56 Å². The second-order valence-corrected chi connectivity index (χ2v) is 5.61. The number of thioether (sulfide) groups is 1. The van der Waals surface area contributed by atoms with E-state index in [1.165, 1.54) is 11.8 Å². The molecule has 1 amide bonds. The van der Waals surface area contributed by atoms with Crippen molar-refractivity contribution in [1.29, 1.82) is 5.26 Å². The lowest BCUT2D eigenvalue weighted by Gasteiger charge is -2.10. The van der Waals surface area contributed by atoms with Gasteiger partial charge in [0.05, 0.1) is 17.5 Å². The summed E-state index contributed by atoms with van der Waals surface area (Å²) in [6.07, 6.45) is 0. The first-order chi connectivity index (χ1) is 10.7. The zero-order chi connectivity index (χ0) is 15.8. The van der Waals surface area contributed by atoms with E-state index in [4.69, 9.17) is 10.00 Å². The molecule has 0 saturated carbocycles. The normalized spacial score (nSPS) is 9.82. The third-order valence-electron chi connectivity index (χ3n) is 2.81. The average Bonchev–Trinajstić information content (AvgIpc) is 2.52. The Morgan fingerprint density at radius 1 is 1.27 bits per heavy atom. The quantitative estimate of drug-likeness (QED) is 0.827. The molecule has 0 fully saturated rings. The minimum absolute atomic E-state index is 0.0549. The number of para-hydroxylation sites is 1. The molecule has 0 saturated heterocycles. The number of nitrogens with one attached hydrogen (secondary N) is 1. The van der Waals surface area contributed by atoms with Gasteiger partial charge < -0.3 is 10.1 Å². The van der Waals surface area contributed by atoms with Gasteiger partial charge in [-0.2, -0.15) is 5.26 Å². The predicted octanol–water partition coefficient (Wildman–Crippen LogP) is 3.63. The molecule has 0 spiro atoms. The van der Waals surface area contributed by atoms with Crippen molar-refractivity contribution in [2.75, 3.05) is 17.7 Å². The molecule has 112 valence electrons. The summed E-state index contributed by atoms with van der Waals surface area (Å²) in [4.78, 5) is 12.9. The number of ether oxygens (including phenoxy) is 1. The van der Waals surface area contributed by atoms with Crippen molar-refractivity contribution in [1.82, 2.24) is 0 Å². The predicted molar refractivity (Wildman–Crippen MR) is 88.1 cm³/mol. The number of anilines is 1. The average molecular weight is 312 g/mol. The summed E-state index contributed by atoms with van der Waals surface area (Å²) in [7, 11) is 0. The highest BCUT2D eigenvalue weighted by molar-refractivity contribution is 7.99. The lowest BCUT2D eigenvalue weighted by atomic mass is 10.2. The molecule has 0 bridgehead atoms. The molecular weight excluding hydrogens is 296 g/mol. The number of hydrogen-bond acceptors (Lipinski definition) is 4. The molecule has 5 heteroatoms. The summed E-state index contributed by atoms with van der Waals surface area (Å²) < 4.78 is 5.47. The van der Waals surface area contributed by atoms with Crippen LogP contribution >= 0.6 is 11.8 Å².